The van der Waals surface area contributed by atoms with Crippen LogP contribution in [-0.2, 0) is 172 Å². The number of thiol groups is 1. The van der Waals surface area contributed by atoms with Crippen LogP contribution in [0.2, 0.25) is 0 Å². The molecule has 794 valence electrons. The number of nitrogens with two attached hydrogens (primary N) is 3. The Morgan fingerprint density at radius 2 is 0.655 bits per heavy atom. The van der Waals surface area contributed by atoms with Gasteiger partial charge >= 0.3 is 75.6 Å². The Hall–Kier alpha value is -6.70. The molecule has 7 unspecified atom stereocenters. The van der Waals surface area contributed by atoms with Crippen LogP contribution < -0.4 is 73.4 Å². The number of aromatic nitrogens is 18. The number of imidazole rings is 2. The number of anilines is 3. The number of ether oxygens (including phenoxy) is 7. The summed E-state index contributed by atoms with van der Waals surface area (Å²) >= 11 is 37.6. The third-order valence-electron chi connectivity index (χ3n) is 24.0. The van der Waals surface area contributed by atoms with E-state index in [9.17, 15) is 81.9 Å². The minimum absolute atomic E-state index is 0.0268. The summed E-state index contributed by atoms with van der Waals surface area (Å²) in [5.41, 5.74) is 11.0. The minimum atomic E-state index is -4.82. The monoisotopic (exact) mass is 2300 g/mol. The fraction of sp³-hybridized carbons (Fsp3) is 0.583. The zero-order valence-electron chi connectivity index (χ0n) is 76.5. The average molecular weight is 2300 g/mol. The molecule has 17 N–H and O–H groups in total. The zero-order valence-corrected chi connectivity index (χ0v) is 88.5. The van der Waals surface area contributed by atoms with E-state index in [0.29, 0.717) is 12.0 Å². The zero-order chi connectivity index (χ0) is 105. The highest BCUT2D eigenvalue weighted by atomic mass is 32.7. The van der Waals surface area contributed by atoms with Crippen molar-refractivity contribution in [3.8, 4) is 0 Å². The van der Waals surface area contributed by atoms with Crippen molar-refractivity contribution in [1.82, 2.24) is 86.8 Å². The van der Waals surface area contributed by atoms with Crippen LogP contribution in [0.5, 0.6) is 0 Å². The maximum absolute atomic E-state index is 14.9. The van der Waals surface area contributed by atoms with E-state index in [-0.39, 0.29) is 101 Å². The fourth-order valence-corrected chi connectivity index (χ4v) is 26.7. The fourth-order valence-electron chi connectivity index (χ4n) is 16.8. The van der Waals surface area contributed by atoms with Gasteiger partial charge in [0.05, 0.1) is 95.0 Å². The van der Waals surface area contributed by atoms with Crippen LogP contribution in [0.1, 0.15) is 130 Å². The Morgan fingerprint density at radius 3 is 1.00 bits per heavy atom. The standard InChI is InChI=1S/C72H96N21O38P7S7/c1-8-35-36(9-49(118-35)88-17-31(3)62(94)83-69(88)100)126-133(105,140)112-26-48-42(15-55(124-48)93-29-79-57-61(93)81-67(75)82-66(57)98)131-138(110,145)116-24-46-40(13-53(122-46)91-20-34(6)65(97)86-72(91)103)129-135(107,142)114-22-44-38(11-50(120-44)87-16-30(2)58(73)80-68(87)99)127-136(108,143)117-25-47-41(14-54(123-47)92-28-78-56-59(74)76-27-77-60(56)92)130-137(109,144)115-23-45-39(12-52(121-45)90-19-33(5)64(96)85-71(90)102)128-134(106,141)113-21-43-37(125-132(104,139)111-7)10-51(119-43)89-18-32(4)63(95)84-70(89)101/h16-20,27-29,35-55H,8-15,21-26H2,1-7H3,(H,104,139)(H,105,140)(H,106,141)(H,107,142)(H,108,143)(H,109,144)(H,110,145)(H2,73,80,99)(H2,74,76,77)(H,83,94,100)(H,84,95,101)(H,85,96,102)(H,86,97,103)(H3,75,81,82,98)/t35-,36-,37-,38-,39-,40-,41-,42-,43-,44-,45-,46-,47-,48-,49-,50-,51-,52-,53-,54-,55-,132?,133?,134?,135?,136?,137?,138?/m1/s1. The third kappa shape index (κ3) is 26.3. The molecule has 16 rings (SSSR count). The molecule has 73 heteroatoms. The van der Waals surface area contributed by atoms with Crippen molar-refractivity contribution in [2.24, 2.45) is 0 Å². The van der Waals surface area contributed by atoms with Gasteiger partial charge in [-0.1, -0.05) is 19.2 Å². The molecule has 0 aromatic carbocycles. The molecule has 7 aliphatic heterocycles. The van der Waals surface area contributed by atoms with Crippen molar-refractivity contribution >= 4 is 170 Å². The average Bonchev–Trinajstić information content (AvgIpc) is 1.67. The van der Waals surface area contributed by atoms with Gasteiger partial charge in [-0.2, -0.15) is 9.97 Å². The summed E-state index contributed by atoms with van der Waals surface area (Å²) in [4.78, 5) is 237. The van der Waals surface area contributed by atoms with Crippen LogP contribution in [-0.4, -0.2) is 248 Å². The van der Waals surface area contributed by atoms with Crippen molar-refractivity contribution in [2.45, 2.75) is 222 Å². The summed E-state index contributed by atoms with van der Waals surface area (Å²) < 4.78 is 150. The lowest BCUT2D eigenvalue weighted by Crippen LogP contribution is -2.33. The summed E-state index contributed by atoms with van der Waals surface area (Å²) in [6.07, 6.45) is -19.3. The number of hydrogen-bond acceptors (Lipinski definition) is 47. The number of hydrogen-bond donors (Lipinski definition) is 15. The molecule has 7 saturated heterocycles. The van der Waals surface area contributed by atoms with Gasteiger partial charge < -0.3 is 134 Å². The summed E-state index contributed by atoms with van der Waals surface area (Å²) in [7, 11) is 1.09. The molecule has 0 aliphatic carbocycles. The largest absolute Gasteiger partial charge is 0.386 e. The molecule has 9 aromatic heterocycles. The van der Waals surface area contributed by atoms with Crippen molar-refractivity contribution in [3.05, 3.63) is 182 Å². The van der Waals surface area contributed by atoms with Gasteiger partial charge in [-0.15, -0.1) is 0 Å². The van der Waals surface area contributed by atoms with Crippen molar-refractivity contribution < 1.29 is 130 Å². The SMILES string of the molecule is CC[C@H]1O[C@@H](n2cc(C)c(=O)[nH]c2=O)C[C@H]1OP(O)(=S)OC[C@H]1O[C@@H](n2cnc3c(=O)[nH]c(N)nc32)C[C@H]1OP(=O)(S)OC[C@H]1O[C@@H](n2cc(C)c(=O)[nH]c2=O)C[C@H]1OP(O)(=S)OC[C@H]1O[C@@H](n2cc(C)c(N)nc2=O)C[C@H]1OP(O)(=S)OC[C@H]1O[C@@H](n2cnc3c(N)ncnc32)C[C@H]1OP(O)(=S)OC[C@H]1O[C@@H](n2cc(C)c(=O)[nH]c2=O)C[C@H]1OP(O)(=S)OC[C@H]1O[C@@H](n2cc(C)c(=O)[nH]c2=O)C[C@H]1OP(O)(=S)OC. The van der Waals surface area contributed by atoms with E-state index < -0.39 is 278 Å². The molecule has 7 fully saturated rings. The maximum atomic E-state index is 14.9. The molecule has 0 spiro atoms. The number of H-pyrrole nitrogens is 5. The van der Waals surface area contributed by atoms with Crippen molar-refractivity contribution in [2.75, 3.05) is 64.0 Å². The van der Waals surface area contributed by atoms with Gasteiger partial charge in [0, 0.05) is 111 Å². The van der Waals surface area contributed by atoms with Crippen LogP contribution in [0, 0.1) is 34.6 Å². The van der Waals surface area contributed by atoms with E-state index in [4.69, 9.17) is 185 Å². The summed E-state index contributed by atoms with van der Waals surface area (Å²) in [5, 5.41) is 0. The lowest BCUT2D eigenvalue weighted by Gasteiger charge is -2.28. The second kappa shape index (κ2) is 44.5. The van der Waals surface area contributed by atoms with Crippen LogP contribution in [0.4, 0.5) is 17.6 Å². The molecule has 0 radical (unpaired) electrons. The Morgan fingerprint density at radius 1 is 0.366 bits per heavy atom. The Balaban J connectivity index is 0.609. The molecule has 16 heterocycles. The van der Waals surface area contributed by atoms with Gasteiger partial charge in [0.2, 0.25) is 5.95 Å². The van der Waals surface area contributed by atoms with Crippen LogP contribution in [0.25, 0.3) is 22.3 Å². The van der Waals surface area contributed by atoms with E-state index in [1.54, 1.807) is 6.92 Å². The first-order valence-electron chi connectivity index (χ1n) is 43.5. The lowest BCUT2D eigenvalue weighted by molar-refractivity contribution is -0.0572. The van der Waals surface area contributed by atoms with Gasteiger partial charge in [-0.25, -0.2) is 48.5 Å². The van der Waals surface area contributed by atoms with E-state index in [2.05, 4.69) is 67.1 Å². The maximum Gasteiger partial charge on any atom is 0.386 e. The molecule has 0 bridgehead atoms. The highest BCUT2D eigenvalue weighted by molar-refractivity contribution is 8.44. The lowest BCUT2D eigenvalue weighted by atomic mass is 10.1. The molecule has 59 nitrogen and oxygen atoms in total. The van der Waals surface area contributed by atoms with Gasteiger partial charge in [0.15, 0.2) is 22.6 Å². The predicted octanol–water partition coefficient (Wildman–Crippen LogP) is 0.910. The van der Waals surface area contributed by atoms with E-state index in [1.165, 1.54) is 92.0 Å². The number of rotatable bonds is 41. The molecule has 7 aliphatic rings. The first kappa shape index (κ1) is 111. The van der Waals surface area contributed by atoms with Gasteiger partial charge in [-0.05, 0) is 112 Å². The molecule has 145 heavy (non-hydrogen) atoms. The quantitative estimate of drug-likeness (QED) is 0.0187. The summed E-state index contributed by atoms with van der Waals surface area (Å²) in [6, 6.07) is 0. The number of aryl methyl sites for hydroxylation is 5. The highest BCUT2D eigenvalue weighted by Crippen LogP contribution is 2.61. The van der Waals surface area contributed by atoms with E-state index >= 15 is 0 Å². The van der Waals surface area contributed by atoms with Crippen molar-refractivity contribution in [3.63, 3.8) is 0 Å². The highest BCUT2D eigenvalue weighted by Gasteiger charge is 2.52. The number of aromatic amines is 5. The first-order chi connectivity index (χ1) is 68.2. The number of nitrogens with zero attached hydrogens (tertiary/aromatic N) is 13. The smallest absolute Gasteiger partial charge is 0.383 e. The first-order valence-corrected chi connectivity index (χ1v) is 61.8. The van der Waals surface area contributed by atoms with E-state index in [1.807, 2.05) is 0 Å². The molecule has 0 amide bonds. The topological polar surface area (TPSA) is 772 Å². The number of nitrogen functional groups attached to an aromatic ring is 3. The van der Waals surface area contributed by atoms with E-state index in [0.717, 1.165) is 31.7 Å². The van der Waals surface area contributed by atoms with Gasteiger partial charge in [0.25, 0.3) is 27.8 Å². The van der Waals surface area contributed by atoms with Crippen LogP contribution in [0.15, 0.2) is 97.9 Å². The van der Waals surface area contributed by atoms with Gasteiger partial charge in [-0.3, -0.25) is 89.9 Å². The Kier molecular flexibility index (Phi) is 34.1. The third-order valence-corrected chi connectivity index (χ3v) is 35.2. The Bertz CT molecular complexity index is 7460. The molecule has 0 saturated carbocycles. The number of fused-ring (bicyclic) bond motifs is 2. The molecular weight excluding hydrogens is 2210 g/mol. The molecule has 28 atom stereocenters. The van der Waals surface area contributed by atoms with Crippen molar-refractivity contribution in [1.29, 1.82) is 0 Å². The minimum Gasteiger partial charge on any atom is -0.383 e. The second-order valence-corrected chi connectivity index (χ2v) is 53.7. The second-order valence-electron chi connectivity index (χ2n) is 34.0. The molecule has 9 aromatic rings. The number of nitrogens with one attached hydrogen (secondary N) is 5. The van der Waals surface area contributed by atoms with Gasteiger partial charge in [0.1, 0.15) is 104 Å². The predicted molar refractivity (Wildman–Crippen MR) is 527 cm³/mol. The Labute approximate surface area is 849 Å². The summed E-state index contributed by atoms with van der Waals surface area (Å²) in [5.74, 6) is -0.465. The molecular formula is C72H96N21O38P7S7. The normalized spacial score (nSPS) is 29.5. The summed E-state index contributed by atoms with van der Waals surface area (Å²) in [6.45, 7) is -27.5. The van der Waals surface area contributed by atoms with Crippen LogP contribution >= 0.6 is 59.4 Å². The van der Waals surface area contributed by atoms with Crippen LogP contribution in [0.3, 0.4) is 0 Å².